The number of benzene rings is 1. The number of hydrogen-bond acceptors (Lipinski definition) is 4. The highest BCUT2D eigenvalue weighted by Crippen LogP contribution is 2.38. The van der Waals surface area contributed by atoms with Crippen molar-refractivity contribution in [3.05, 3.63) is 57.6 Å². The summed E-state index contributed by atoms with van der Waals surface area (Å²) in [4.78, 5) is 23.1. The first-order valence-electron chi connectivity index (χ1n) is 8.21. The predicted octanol–water partition coefficient (Wildman–Crippen LogP) is 3.18. The molecule has 2 fully saturated rings. The summed E-state index contributed by atoms with van der Waals surface area (Å²) in [5, 5.41) is 1.24. The first kappa shape index (κ1) is 16.8. The van der Waals surface area contributed by atoms with E-state index in [1.54, 1.807) is 18.5 Å². The van der Waals surface area contributed by atoms with E-state index in [2.05, 4.69) is 9.97 Å². The largest absolute Gasteiger partial charge is 0.376 e. The van der Waals surface area contributed by atoms with Gasteiger partial charge in [0.1, 0.15) is 5.82 Å². The standard InChI is InChI=1S/C18H17Cl2N3O2/c19-14-5-12(6-15(20)7-14)1-2-16-21-8-13(9-22-16)17(24)23-4-3-18(23)10-25-11-18/h5-9H,1-4,10-11H2. The van der Waals surface area contributed by atoms with Crippen molar-refractivity contribution < 1.29 is 9.53 Å². The quantitative estimate of drug-likeness (QED) is 0.820. The summed E-state index contributed by atoms with van der Waals surface area (Å²) in [6.45, 7) is 2.05. The molecular weight excluding hydrogens is 361 g/mol. The monoisotopic (exact) mass is 377 g/mol. The van der Waals surface area contributed by atoms with Gasteiger partial charge in [0, 0.05) is 35.4 Å². The van der Waals surface area contributed by atoms with Crippen molar-refractivity contribution in [3.63, 3.8) is 0 Å². The summed E-state index contributed by atoms with van der Waals surface area (Å²) >= 11 is 12.0. The van der Waals surface area contributed by atoms with E-state index in [0.29, 0.717) is 41.1 Å². The van der Waals surface area contributed by atoms with Crippen LogP contribution in [0.4, 0.5) is 0 Å². The molecule has 3 heterocycles. The van der Waals surface area contributed by atoms with Gasteiger partial charge in [-0.1, -0.05) is 23.2 Å². The summed E-state index contributed by atoms with van der Waals surface area (Å²) in [5.74, 6) is 0.681. The molecule has 1 aromatic carbocycles. The first-order valence-corrected chi connectivity index (χ1v) is 8.97. The highest BCUT2D eigenvalue weighted by Gasteiger charge is 2.53. The van der Waals surface area contributed by atoms with Crippen LogP contribution in [0.15, 0.2) is 30.6 Å². The molecule has 7 heteroatoms. The van der Waals surface area contributed by atoms with Crippen molar-refractivity contribution in [2.24, 2.45) is 0 Å². The van der Waals surface area contributed by atoms with Gasteiger partial charge in [0.05, 0.1) is 24.3 Å². The molecule has 0 bridgehead atoms. The Morgan fingerprint density at radius 1 is 1.12 bits per heavy atom. The molecule has 1 aromatic heterocycles. The smallest absolute Gasteiger partial charge is 0.257 e. The van der Waals surface area contributed by atoms with Gasteiger partial charge >= 0.3 is 0 Å². The van der Waals surface area contributed by atoms with Crippen molar-refractivity contribution in [2.75, 3.05) is 19.8 Å². The van der Waals surface area contributed by atoms with Crippen molar-refractivity contribution >= 4 is 29.1 Å². The number of nitrogens with zero attached hydrogens (tertiary/aromatic N) is 3. The second-order valence-corrected chi connectivity index (χ2v) is 7.46. The molecular formula is C18H17Cl2N3O2. The Labute approximate surface area is 155 Å². The lowest BCUT2D eigenvalue weighted by atomic mass is 9.82. The lowest BCUT2D eigenvalue weighted by molar-refractivity contribution is -0.172. The molecule has 130 valence electrons. The van der Waals surface area contributed by atoms with Crippen molar-refractivity contribution in [2.45, 2.75) is 24.8 Å². The molecule has 1 amide bonds. The van der Waals surface area contributed by atoms with Gasteiger partial charge in [0.15, 0.2) is 0 Å². The molecule has 0 aliphatic carbocycles. The molecule has 0 atom stereocenters. The third-order valence-electron chi connectivity index (χ3n) is 4.87. The van der Waals surface area contributed by atoms with Crippen molar-refractivity contribution in [1.82, 2.24) is 14.9 Å². The maximum absolute atomic E-state index is 12.6. The molecule has 2 aliphatic rings. The van der Waals surface area contributed by atoms with Crippen LogP contribution in [0.5, 0.6) is 0 Å². The molecule has 0 unspecified atom stereocenters. The van der Waals surface area contributed by atoms with Gasteiger partial charge in [-0.05, 0) is 36.6 Å². The molecule has 4 rings (SSSR count). The lowest BCUT2D eigenvalue weighted by Gasteiger charge is -2.57. The fourth-order valence-electron chi connectivity index (χ4n) is 3.26. The van der Waals surface area contributed by atoms with Crippen LogP contribution in [0.3, 0.4) is 0 Å². The Hall–Kier alpha value is -1.69. The maximum atomic E-state index is 12.6. The van der Waals surface area contributed by atoms with Crippen molar-refractivity contribution in [1.29, 1.82) is 0 Å². The van der Waals surface area contributed by atoms with Crippen LogP contribution in [-0.4, -0.2) is 46.1 Å². The maximum Gasteiger partial charge on any atom is 0.257 e. The van der Waals surface area contributed by atoms with Gasteiger partial charge in [0.2, 0.25) is 0 Å². The number of carbonyl (C=O) groups is 1. The average molecular weight is 378 g/mol. The van der Waals surface area contributed by atoms with Crippen LogP contribution < -0.4 is 0 Å². The zero-order valence-corrected chi connectivity index (χ0v) is 15.1. The van der Waals surface area contributed by atoms with Crippen LogP contribution in [0.25, 0.3) is 0 Å². The summed E-state index contributed by atoms with van der Waals surface area (Å²) in [7, 11) is 0. The first-order chi connectivity index (χ1) is 12.1. The number of amides is 1. The minimum absolute atomic E-state index is 0.0114. The number of rotatable bonds is 4. The van der Waals surface area contributed by atoms with E-state index in [0.717, 1.165) is 24.9 Å². The van der Waals surface area contributed by atoms with Crippen LogP contribution in [-0.2, 0) is 17.6 Å². The van der Waals surface area contributed by atoms with Gasteiger partial charge in [-0.25, -0.2) is 9.97 Å². The van der Waals surface area contributed by atoms with Gasteiger partial charge in [-0.15, -0.1) is 0 Å². The number of hydrogen-bond donors (Lipinski definition) is 0. The van der Waals surface area contributed by atoms with Crippen LogP contribution in [0.2, 0.25) is 10.0 Å². The molecule has 2 aliphatic heterocycles. The van der Waals surface area contributed by atoms with Crippen LogP contribution in [0, 0.1) is 0 Å². The predicted molar refractivity (Wildman–Crippen MR) is 95.1 cm³/mol. The number of ether oxygens (including phenoxy) is 1. The highest BCUT2D eigenvalue weighted by atomic mass is 35.5. The van der Waals surface area contributed by atoms with E-state index in [1.165, 1.54) is 0 Å². The Kier molecular flexibility index (Phi) is 4.40. The minimum atomic E-state index is -0.0679. The second-order valence-electron chi connectivity index (χ2n) is 6.59. The van der Waals surface area contributed by atoms with E-state index in [4.69, 9.17) is 27.9 Å². The third-order valence-corrected chi connectivity index (χ3v) is 5.31. The number of likely N-dealkylation sites (tertiary alicyclic amines) is 1. The number of aryl methyl sites for hydroxylation is 2. The Morgan fingerprint density at radius 2 is 1.80 bits per heavy atom. The molecule has 25 heavy (non-hydrogen) atoms. The Morgan fingerprint density at radius 3 is 2.32 bits per heavy atom. The van der Waals surface area contributed by atoms with Gasteiger partial charge in [-0.2, -0.15) is 0 Å². The summed E-state index contributed by atoms with van der Waals surface area (Å²) in [6.07, 6.45) is 5.63. The van der Waals surface area contributed by atoms with Gasteiger partial charge in [0.25, 0.3) is 5.91 Å². The summed E-state index contributed by atoms with van der Waals surface area (Å²) in [6, 6.07) is 5.48. The van der Waals surface area contributed by atoms with E-state index < -0.39 is 0 Å². The molecule has 2 aromatic rings. The number of aromatic nitrogens is 2. The fraction of sp³-hybridized carbons (Fsp3) is 0.389. The second kappa shape index (κ2) is 6.56. The zero-order valence-electron chi connectivity index (χ0n) is 13.5. The molecule has 5 nitrogen and oxygen atoms in total. The third kappa shape index (κ3) is 3.24. The highest BCUT2D eigenvalue weighted by molar-refractivity contribution is 6.34. The number of carbonyl (C=O) groups excluding carboxylic acids is 1. The van der Waals surface area contributed by atoms with Crippen LogP contribution >= 0.6 is 23.2 Å². The molecule has 2 saturated heterocycles. The van der Waals surface area contributed by atoms with E-state index >= 15 is 0 Å². The van der Waals surface area contributed by atoms with E-state index in [-0.39, 0.29) is 11.4 Å². The lowest BCUT2D eigenvalue weighted by Crippen LogP contribution is -2.72. The van der Waals surface area contributed by atoms with Gasteiger partial charge < -0.3 is 9.64 Å². The van der Waals surface area contributed by atoms with Crippen molar-refractivity contribution in [3.8, 4) is 0 Å². The van der Waals surface area contributed by atoms with E-state index in [9.17, 15) is 4.79 Å². The molecule has 1 spiro atoms. The minimum Gasteiger partial charge on any atom is -0.376 e. The molecule has 0 saturated carbocycles. The Balaban J connectivity index is 1.39. The van der Waals surface area contributed by atoms with Gasteiger partial charge in [-0.3, -0.25) is 4.79 Å². The average Bonchev–Trinajstić information content (AvgIpc) is 2.50. The topological polar surface area (TPSA) is 55.3 Å². The Bertz CT molecular complexity index is 781. The number of halogens is 2. The normalized spacial score (nSPS) is 17.9. The zero-order chi connectivity index (χ0) is 17.4. The SMILES string of the molecule is O=C(c1cnc(CCc2cc(Cl)cc(Cl)c2)nc1)N1CCC12COC2. The van der Waals surface area contributed by atoms with E-state index in [1.807, 2.05) is 17.0 Å². The fourth-order valence-corrected chi connectivity index (χ4v) is 3.83. The summed E-state index contributed by atoms with van der Waals surface area (Å²) < 4.78 is 5.26. The molecule has 0 N–H and O–H groups in total. The van der Waals surface area contributed by atoms with Crippen LogP contribution in [0.1, 0.15) is 28.2 Å². The molecule has 0 radical (unpaired) electrons. The summed E-state index contributed by atoms with van der Waals surface area (Å²) in [5.41, 5.74) is 1.50.